The van der Waals surface area contributed by atoms with Gasteiger partial charge in [0.05, 0.1) is 0 Å². The van der Waals surface area contributed by atoms with E-state index in [1.165, 1.54) is 124 Å². The van der Waals surface area contributed by atoms with Gasteiger partial charge in [0.15, 0.2) is 0 Å². The smallest absolute Gasteiger partial charge is 0.0623 e. The molecule has 12 rings (SSSR count). The molecule has 0 unspecified atom stereocenters. The maximum Gasteiger partial charge on any atom is 0.119 e. The molecule has 0 bridgehead atoms. The van der Waals surface area contributed by atoms with E-state index >= 15 is 0 Å². The highest BCUT2D eigenvalue weighted by molar-refractivity contribution is 7.06. The third-order valence-electron chi connectivity index (χ3n) is 14.0. The minimum atomic E-state index is -1.71. The highest BCUT2D eigenvalue weighted by Crippen LogP contribution is 2.52. The second-order valence-corrected chi connectivity index (χ2v) is 21.4. The Bertz CT molecular complexity index is 3110. The first kappa shape index (κ1) is 32.2. The van der Waals surface area contributed by atoms with Gasteiger partial charge in [0, 0.05) is 5.41 Å². The first-order valence-corrected chi connectivity index (χ1v) is 22.9. The van der Waals surface area contributed by atoms with E-state index in [0.29, 0.717) is 0 Å². The number of rotatable bonds is 3. The Kier molecular flexibility index (Phi) is 6.76. The van der Waals surface area contributed by atoms with Crippen LogP contribution in [0.25, 0.3) is 88.0 Å². The fraction of sp³-hybridized carbons (Fsp3) is 0.127. The molecule has 0 aromatic heterocycles. The van der Waals surface area contributed by atoms with Crippen molar-refractivity contribution in [3.63, 3.8) is 0 Å². The summed E-state index contributed by atoms with van der Waals surface area (Å²) in [6.45, 7) is 4.75. The predicted molar refractivity (Wildman–Crippen MR) is 242 cm³/mol. The second kappa shape index (κ2) is 11.7. The Morgan fingerprint density at radius 2 is 0.929 bits per heavy atom. The third-order valence-corrected chi connectivity index (χ3v) is 19.4. The van der Waals surface area contributed by atoms with Gasteiger partial charge >= 0.3 is 0 Å². The summed E-state index contributed by atoms with van der Waals surface area (Å²) in [7, 11) is -1.71. The molecule has 266 valence electrons. The quantitative estimate of drug-likeness (QED) is 0.125. The van der Waals surface area contributed by atoms with Gasteiger partial charge in [0.1, 0.15) is 8.07 Å². The van der Waals surface area contributed by atoms with Crippen LogP contribution >= 0.6 is 0 Å². The largest absolute Gasteiger partial charge is 0.119 e. The summed E-state index contributed by atoms with van der Waals surface area (Å²) in [4.78, 5) is 0. The van der Waals surface area contributed by atoms with E-state index in [9.17, 15) is 0 Å². The molecule has 3 aliphatic rings. The molecule has 9 aromatic carbocycles. The van der Waals surface area contributed by atoms with Crippen LogP contribution in [-0.2, 0) is 5.41 Å². The van der Waals surface area contributed by atoms with Crippen LogP contribution in [-0.4, -0.2) is 8.07 Å². The van der Waals surface area contributed by atoms with E-state index in [-0.39, 0.29) is 5.41 Å². The summed E-state index contributed by atoms with van der Waals surface area (Å²) < 4.78 is 0. The maximum atomic E-state index is 2.57. The van der Waals surface area contributed by atoms with Crippen LogP contribution in [0.3, 0.4) is 0 Å². The van der Waals surface area contributed by atoms with Crippen molar-refractivity contribution in [1.82, 2.24) is 0 Å². The fourth-order valence-corrected chi connectivity index (χ4v) is 17.1. The zero-order valence-electron chi connectivity index (χ0n) is 32.0. The van der Waals surface area contributed by atoms with Crippen molar-refractivity contribution in [3.8, 4) is 55.6 Å². The zero-order chi connectivity index (χ0) is 37.2. The first-order valence-electron chi connectivity index (χ1n) is 20.5. The van der Waals surface area contributed by atoms with Gasteiger partial charge < -0.3 is 0 Å². The number of fused-ring (bicyclic) bond motifs is 11. The van der Waals surface area contributed by atoms with Crippen molar-refractivity contribution in [3.05, 3.63) is 181 Å². The van der Waals surface area contributed by atoms with Gasteiger partial charge in [-0.05, 0) is 140 Å². The van der Waals surface area contributed by atoms with Gasteiger partial charge in [0.2, 0.25) is 0 Å². The molecule has 0 N–H and O–H groups in total. The van der Waals surface area contributed by atoms with Gasteiger partial charge in [0.25, 0.3) is 0 Å². The molecule has 56 heavy (non-hydrogen) atoms. The van der Waals surface area contributed by atoms with Gasteiger partial charge in [-0.1, -0.05) is 178 Å². The van der Waals surface area contributed by atoms with Crippen LogP contribution in [0.2, 0.25) is 12.1 Å². The molecule has 2 aliphatic heterocycles. The highest BCUT2D eigenvalue weighted by Gasteiger charge is 2.47. The lowest BCUT2D eigenvalue weighted by atomic mass is 9.81. The molecule has 0 saturated carbocycles. The molecule has 2 heterocycles. The lowest BCUT2D eigenvalue weighted by molar-refractivity contribution is 0.660. The van der Waals surface area contributed by atoms with Crippen LogP contribution in [0.5, 0.6) is 0 Å². The topological polar surface area (TPSA) is 0 Å². The minimum absolute atomic E-state index is 0.0356. The van der Waals surface area contributed by atoms with Crippen molar-refractivity contribution in [2.45, 2.75) is 44.2 Å². The zero-order valence-corrected chi connectivity index (χ0v) is 33.0. The predicted octanol–water partition coefficient (Wildman–Crippen LogP) is 13.8. The Hall–Kier alpha value is -6.02. The summed E-state index contributed by atoms with van der Waals surface area (Å²) in [5, 5.41) is 11.1. The first-order chi connectivity index (χ1) is 27.5. The van der Waals surface area contributed by atoms with E-state index in [1.54, 1.807) is 10.4 Å². The summed E-state index contributed by atoms with van der Waals surface area (Å²) in [6, 6.07) is 68.1. The minimum Gasteiger partial charge on any atom is -0.0623 e. The van der Waals surface area contributed by atoms with Gasteiger partial charge in [-0.15, -0.1) is 0 Å². The number of hydrogen-bond acceptors (Lipinski definition) is 0. The molecule has 1 heteroatoms. The summed E-state index contributed by atoms with van der Waals surface area (Å²) in [5.41, 5.74) is 16.2. The van der Waals surface area contributed by atoms with Crippen molar-refractivity contribution >= 4 is 50.8 Å². The number of benzene rings is 9. The fourth-order valence-electron chi connectivity index (χ4n) is 11.5. The standard InChI is InChI=1S/C55H42Si/c1-55(2)49-22-9-7-17-41(49)46-33-37(25-28-50(46)55)54-44-20-6-5-19-43(44)53(45-27-24-36(32-48(45)54)40-21-13-15-35-14-3-4-16-39(35)40)38-26-29-52-47(34-38)42-18-8-10-23-51(42)56(52)30-11-12-31-56/h3-10,13-29,32-34H,11-12,30-31H2,1-2H3. The second-order valence-electron chi connectivity index (χ2n) is 17.1. The summed E-state index contributed by atoms with van der Waals surface area (Å²) in [6.07, 6.45) is 2.73. The lowest BCUT2D eigenvalue weighted by Crippen LogP contribution is -2.52. The van der Waals surface area contributed by atoms with E-state index in [1.807, 2.05) is 0 Å². The monoisotopic (exact) mass is 730 g/mol. The Labute approximate surface area is 330 Å². The third kappa shape index (κ3) is 4.35. The van der Waals surface area contributed by atoms with Crippen LogP contribution in [0.1, 0.15) is 37.8 Å². The molecule has 0 atom stereocenters. The summed E-state index contributed by atoms with van der Waals surface area (Å²) >= 11 is 0. The lowest BCUT2D eigenvalue weighted by Gasteiger charge is -2.24. The van der Waals surface area contributed by atoms with Crippen LogP contribution < -0.4 is 10.4 Å². The van der Waals surface area contributed by atoms with Gasteiger partial charge in [-0.3, -0.25) is 0 Å². The van der Waals surface area contributed by atoms with E-state index in [4.69, 9.17) is 0 Å². The van der Waals surface area contributed by atoms with Crippen molar-refractivity contribution in [2.24, 2.45) is 0 Å². The van der Waals surface area contributed by atoms with E-state index in [0.717, 1.165) is 0 Å². The van der Waals surface area contributed by atoms with E-state index < -0.39 is 8.07 Å². The molecular weight excluding hydrogens is 689 g/mol. The molecule has 1 saturated heterocycles. The van der Waals surface area contributed by atoms with Crippen LogP contribution in [0.15, 0.2) is 170 Å². The normalized spacial score (nSPS) is 15.7. The molecule has 1 fully saturated rings. The van der Waals surface area contributed by atoms with Crippen LogP contribution in [0, 0.1) is 0 Å². The molecule has 1 aliphatic carbocycles. The maximum absolute atomic E-state index is 2.57. The van der Waals surface area contributed by atoms with Gasteiger partial charge in [-0.2, -0.15) is 0 Å². The molecule has 1 spiro atoms. The molecule has 0 amide bonds. The Morgan fingerprint density at radius 1 is 0.375 bits per heavy atom. The van der Waals surface area contributed by atoms with E-state index in [2.05, 4.69) is 184 Å². The Balaban J connectivity index is 1.16. The Morgan fingerprint density at radius 3 is 1.75 bits per heavy atom. The van der Waals surface area contributed by atoms with Crippen molar-refractivity contribution in [2.75, 3.05) is 0 Å². The average Bonchev–Trinajstić information content (AvgIpc) is 3.91. The average molecular weight is 731 g/mol. The SMILES string of the molecule is CC1(C)c2ccccc2-c2cc(-c3c4ccccc4c(-c4ccc5c(c4)-c4ccccc4[Si]54CCCC4)c4ccc(-c5cccc6ccccc56)cc34)ccc21. The molecular formula is C55H42Si. The van der Waals surface area contributed by atoms with Crippen molar-refractivity contribution < 1.29 is 0 Å². The number of hydrogen-bond donors (Lipinski definition) is 0. The molecule has 0 nitrogen and oxygen atoms in total. The van der Waals surface area contributed by atoms with Gasteiger partial charge in [-0.25, -0.2) is 0 Å². The van der Waals surface area contributed by atoms with Crippen LogP contribution in [0.4, 0.5) is 0 Å². The van der Waals surface area contributed by atoms with Crippen molar-refractivity contribution in [1.29, 1.82) is 0 Å². The molecule has 9 aromatic rings. The molecule has 0 radical (unpaired) electrons. The summed E-state index contributed by atoms with van der Waals surface area (Å²) in [5.74, 6) is 0. The highest BCUT2D eigenvalue weighted by atomic mass is 28.3.